The van der Waals surface area contributed by atoms with Crippen LogP contribution in [0.1, 0.15) is 10.7 Å². The van der Waals surface area contributed by atoms with Gasteiger partial charge < -0.3 is 0 Å². The van der Waals surface area contributed by atoms with Crippen LogP contribution in [-0.4, -0.2) is 23.6 Å². The average Bonchev–Trinajstić information content (AvgIpc) is 3.08. The number of fused-ring (bicyclic) bond motifs is 1. The van der Waals surface area contributed by atoms with E-state index in [-0.39, 0.29) is 26.5 Å². The molecule has 0 saturated heterocycles. The number of hydrogen-bond donors (Lipinski definition) is 2. The third-order valence-electron chi connectivity index (χ3n) is 2.89. The molecule has 0 bridgehead atoms. The van der Waals surface area contributed by atoms with Crippen molar-refractivity contribution in [2.24, 2.45) is 0 Å². The molecule has 2 aromatic heterocycles. The van der Waals surface area contributed by atoms with Crippen molar-refractivity contribution in [3.8, 4) is 6.07 Å². The van der Waals surface area contributed by atoms with Gasteiger partial charge in [-0.2, -0.15) is 10.4 Å². The van der Waals surface area contributed by atoms with Crippen molar-refractivity contribution in [1.29, 1.82) is 5.26 Å². The molecule has 10 heteroatoms. The Hall–Kier alpha value is -2.51. The van der Waals surface area contributed by atoms with E-state index in [4.69, 9.17) is 5.26 Å². The molecular formula is C12H8FN5O2S2. The van der Waals surface area contributed by atoms with Gasteiger partial charge in [-0.05, 0) is 19.1 Å². The zero-order chi connectivity index (χ0) is 15.9. The number of nitrogens with zero attached hydrogens (tertiary/aromatic N) is 3. The lowest BCUT2D eigenvalue weighted by molar-refractivity contribution is 0.603. The lowest BCUT2D eigenvalue weighted by Gasteiger charge is -2.07. The van der Waals surface area contributed by atoms with E-state index in [1.54, 1.807) is 13.0 Å². The molecule has 0 unspecified atom stereocenters. The van der Waals surface area contributed by atoms with Crippen molar-refractivity contribution in [2.75, 3.05) is 4.72 Å². The number of aromatic amines is 1. The number of rotatable bonds is 3. The van der Waals surface area contributed by atoms with E-state index in [9.17, 15) is 12.8 Å². The molecule has 2 N–H and O–H groups in total. The van der Waals surface area contributed by atoms with Crippen molar-refractivity contribution in [3.05, 3.63) is 34.8 Å². The first-order chi connectivity index (χ1) is 10.4. The lowest BCUT2D eigenvalue weighted by atomic mass is 10.2. The fourth-order valence-corrected chi connectivity index (χ4v) is 4.10. The number of nitriles is 1. The summed E-state index contributed by atoms with van der Waals surface area (Å²) in [6, 6.07) is 4.09. The van der Waals surface area contributed by atoms with Gasteiger partial charge in [-0.25, -0.2) is 17.8 Å². The van der Waals surface area contributed by atoms with Crippen LogP contribution in [-0.2, 0) is 10.0 Å². The molecule has 0 fully saturated rings. The fraction of sp³-hybridized carbons (Fsp3) is 0.0833. The van der Waals surface area contributed by atoms with Crippen LogP contribution in [0.4, 0.5) is 10.1 Å². The summed E-state index contributed by atoms with van der Waals surface area (Å²) >= 11 is 1.02. The molecule has 112 valence electrons. The van der Waals surface area contributed by atoms with Gasteiger partial charge in [0.2, 0.25) is 0 Å². The highest BCUT2D eigenvalue weighted by atomic mass is 32.2. The van der Waals surface area contributed by atoms with E-state index in [0.717, 1.165) is 17.4 Å². The Labute approximate surface area is 128 Å². The fourth-order valence-electron chi connectivity index (χ4n) is 1.92. The molecule has 0 aliphatic heterocycles. The zero-order valence-electron chi connectivity index (χ0n) is 11.1. The molecule has 3 aromatic rings. The molecule has 0 saturated carbocycles. The topological polar surface area (TPSA) is 112 Å². The van der Waals surface area contributed by atoms with Gasteiger partial charge in [0.1, 0.15) is 11.9 Å². The largest absolute Gasteiger partial charge is 0.277 e. The summed E-state index contributed by atoms with van der Waals surface area (Å²) in [7, 11) is -3.84. The van der Waals surface area contributed by atoms with Crippen LogP contribution < -0.4 is 4.72 Å². The third kappa shape index (κ3) is 2.30. The van der Waals surface area contributed by atoms with Crippen LogP contribution in [0.2, 0.25) is 0 Å². The minimum absolute atomic E-state index is 0.0440. The minimum Gasteiger partial charge on any atom is -0.277 e. The summed E-state index contributed by atoms with van der Waals surface area (Å²) in [4.78, 5) is 3.89. The Balaban J connectivity index is 2.11. The Morgan fingerprint density at radius 3 is 2.86 bits per heavy atom. The predicted molar refractivity (Wildman–Crippen MR) is 78.4 cm³/mol. The molecule has 0 spiro atoms. The van der Waals surface area contributed by atoms with E-state index < -0.39 is 15.8 Å². The smallest absolute Gasteiger partial charge is 0.273 e. The summed E-state index contributed by atoms with van der Waals surface area (Å²) in [5.74, 6) is -0.656. The standard InChI is InChI=1S/C12H8FN5O2S2/c1-6-15-5-10(21-6)22(19,20)18-8-3-2-7(13)11-9(4-14)16-17-12(8)11/h2-3,5,18H,1H3,(H,16,17). The number of hydrogen-bond acceptors (Lipinski definition) is 6. The first-order valence-electron chi connectivity index (χ1n) is 5.94. The van der Waals surface area contributed by atoms with E-state index in [1.807, 2.05) is 0 Å². The Bertz CT molecular complexity index is 1020. The molecule has 0 aliphatic rings. The van der Waals surface area contributed by atoms with Gasteiger partial charge >= 0.3 is 0 Å². The first kappa shape index (κ1) is 14.4. The number of aromatic nitrogens is 3. The number of benzene rings is 1. The number of anilines is 1. The molecule has 0 radical (unpaired) electrons. The van der Waals surface area contributed by atoms with E-state index in [2.05, 4.69) is 19.9 Å². The number of halogens is 1. The first-order valence-corrected chi connectivity index (χ1v) is 8.24. The molecular weight excluding hydrogens is 329 g/mol. The number of nitrogens with one attached hydrogen (secondary N) is 2. The van der Waals surface area contributed by atoms with Crippen LogP contribution in [0, 0.1) is 24.1 Å². The highest BCUT2D eigenvalue weighted by Crippen LogP contribution is 2.29. The van der Waals surface area contributed by atoms with Crippen molar-refractivity contribution < 1.29 is 12.8 Å². The van der Waals surface area contributed by atoms with Crippen molar-refractivity contribution >= 4 is 38.0 Å². The molecule has 0 atom stereocenters. The molecule has 0 aliphatic carbocycles. The second kappa shape index (κ2) is 5.04. The van der Waals surface area contributed by atoms with Crippen LogP contribution in [0.3, 0.4) is 0 Å². The summed E-state index contributed by atoms with van der Waals surface area (Å²) in [6.45, 7) is 1.69. The van der Waals surface area contributed by atoms with Gasteiger partial charge in [-0.3, -0.25) is 9.82 Å². The third-order valence-corrected chi connectivity index (χ3v) is 5.63. The van der Waals surface area contributed by atoms with Gasteiger partial charge in [0.15, 0.2) is 9.90 Å². The molecule has 22 heavy (non-hydrogen) atoms. The highest BCUT2D eigenvalue weighted by molar-refractivity contribution is 7.94. The van der Waals surface area contributed by atoms with Gasteiger partial charge in [-0.1, -0.05) is 0 Å². The van der Waals surface area contributed by atoms with Crippen LogP contribution in [0.15, 0.2) is 22.5 Å². The monoisotopic (exact) mass is 337 g/mol. The van der Waals surface area contributed by atoms with Crippen LogP contribution in [0.5, 0.6) is 0 Å². The van der Waals surface area contributed by atoms with Crippen molar-refractivity contribution in [2.45, 2.75) is 11.1 Å². The molecule has 0 amide bonds. The second-order valence-electron chi connectivity index (χ2n) is 4.33. The molecule has 7 nitrogen and oxygen atoms in total. The second-order valence-corrected chi connectivity index (χ2v) is 7.48. The van der Waals surface area contributed by atoms with Crippen LogP contribution in [0.25, 0.3) is 10.9 Å². The van der Waals surface area contributed by atoms with E-state index in [1.165, 1.54) is 12.3 Å². The van der Waals surface area contributed by atoms with Crippen molar-refractivity contribution in [3.63, 3.8) is 0 Å². The van der Waals surface area contributed by atoms with Gasteiger partial charge in [0.05, 0.1) is 27.8 Å². The van der Waals surface area contributed by atoms with E-state index in [0.29, 0.717) is 5.01 Å². The maximum atomic E-state index is 13.8. The Kier molecular flexibility index (Phi) is 3.31. The van der Waals surface area contributed by atoms with Gasteiger partial charge in [0, 0.05) is 0 Å². The quantitative estimate of drug-likeness (QED) is 0.760. The Morgan fingerprint density at radius 2 is 2.23 bits per heavy atom. The molecule has 2 heterocycles. The Morgan fingerprint density at radius 1 is 1.45 bits per heavy atom. The number of sulfonamides is 1. The SMILES string of the molecule is Cc1ncc(S(=O)(=O)Nc2ccc(F)c3c(C#N)n[nH]c23)s1. The number of H-pyrrole nitrogens is 1. The minimum atomic E-state index is -3.84. The van der Waals surface area contributed by atoms with Gasteiger partial charge in [0.25, 0.3) is 10.0 Å². The zero-order valence-corrected chi connectivity index (χ0v) is 12.7. The normalized spacial score (nSPS) is 11.5. The molecule has 1 aromatic carbocycles. The van der Waals surface area contributed by atoms with Crippen molar-refractivity contribution in [1.82, 2.24) is 15.2 Å². The maximum absolute atomic E-state index is 13.8. The summed E-state index contributed by atoms with van der Waals surface area (Å²) in [5, 5.41) is 15.6. The highest BCUT2D eigenvalue weighted by Gasteiger charge is 2.21. The summed E-state index contributed by atoms with van der Waals surface area (Å²) < 4.78 is 40.8. The number of aryl methyl sites for hydroxylation is 1. The summed E-state index contributed by atoms with van der Waals surface area (Å²) in [5.41, 5.74) is 0.0833. The number of thiazole rings is 1. The molecule has 3 rings (SSSR count). The average molecular weight is 337 g/mol. The van der Waals surface area contributed by atoms with E-state index >= 15 is 0 Å². The summed E-state index contributed by atoms with van der Waals surface area (Å²) in [6.07, 6.45) is 1.25. The van der Waals surface area contributed by atoms with Gasteiger partial charge in [-0.15, -0.1) is 11.3 Å². The van der Waals surface area contributed by atoms with Crippen LogP contribution >= 0.6 is 11.3 Å². The predicted octanol–water partition coefficient (Wildman–Crippen LogP) is 2.14. The maximum Gasteiger partial charge on any atom is 0.273 e. The lowest BCUT2D eigenvalue weighted by Crippen LogP contribution is -2.12.